The van der Waals surface area contributed by atoms with Gasteiger partial charge >= 0.3 is 26.2 Å². The number of hydrogen-bond acceptors (Lipinski definition) is 1. The van der Waals surface area contributed by atoms with E-state index in [4.69, 9.17) is 23.2 Å². The summed E-state index contributed by atoms with van der Waals surface area (Å²) in [5, 5.41) is 0. The molecule has 0 aromatic rings. The van der Waals surface area contributed by atoms with Crippen LogP contribution in [0.5, 0.6) is 0 Å². The maximum Gasteiger partial charge on any atom is 4.00 e. The van der Waals surface area contributed by atoms with Crippen LogP contribution in [0.25, 0.3) is 11.1 Å². The van der Waals surface area contributed by atoms with Crippen LogP contribution in [-0.4, -0.2) is 0 Å². The number of rotatable bonds is 0. The van der Waals surface area contributed by atoms with Gasteiger partial charge in [-0.3, -0.25) is 6.08 Å². The Morgan fingerprint density at radius 3 is 2.44 bits per heavy atom. The van der Waals surface area contributed by atoms with Crippen molar-refractivity contribution in [2.45, 2.75) is 6.42 Å². The summed E-state index contributed by atoms with van der Waals surface area (Å²) in [6.45, 7) is 0. The Hall–Kier alpha value is 0.833. The van der Waals surface area contributed by atoms with Gasteiger partial charge in [-0.15, -0.1) is 58.9 Å². The second kappa shape index (κ2) is 10.6. The fraction of sp³-hybridized carbons (Fsp3) is 0.0833. The quantitative estimate of drug-likeness (QED) is 0.492. The molecular formula is C12H8Cl4SZr. The van der Waals surface area contributed by atoms with Crippen molar-refractivity contribution in [2.24, 2.45) is 0 Å². The van der Waals surface area contributed by atoms with Gasteiger partial charge in [0.15, 0.2) is 0 Å². The third kappa shape index (κ3) is 5.45. The van der Waals surface area contributed by atoms with E-state index in [0.29, 0.717) is 0 Å². The van der Waals surface area contributed by atoms with Gasteiger partial charge in [0.05, 0.1) is 0 Å². The molecule has 18 heavy (non-hydrogen) atoms. The summed E-state index contributed by atoms with van der Waals surface area (Å²) < 4.78 is 1.56. The molecule has 0 radical (unpaired) electrons. The summed E-state index contributed by atoms with van der Waals surface area (Å²) in [6, 6.07) is 5.90. The molecule has 3 rings (SSSR count). The van der Waals surface area contributed by atoms with Crippen LogP contribution >= 0.6 is 34.5 Å². The molecule has 1 heterocycles. The van der Waals surface area contributed by atoms with Crippen LogP contribution in [0, 0.1) is 6.08 Å². The molecule has 0 nitrogen and oxygen atoms in total. The van der Waals surface area contributed by atoms with E-state index >= 15 is 0 Å². The number of allylic oxidation sites excluding steroid dienone is 4. The van der Waals surface area contributed by atoms with Crippen molar-refractivity contribution < 1.29 is 51.0 Å². The molecule has 0 atom stereocenters. The van der Waals surface area contributed by atoms with E-state index in [9.17, 15) is 0 Å². The molecule has 0 spiro atoms. The number of hydrogen-bond donors (Lipinski definition) is 0. The van der Waals surface area contributed by atoms with E-state index in [1.54, 1.807) is 0 Å². The number of halogens is 4. The minimum atomic E-state index is 0. The summed E-state index contributed by atoms with van der Waals surface area (Å²) in [6.07, 6.45) is 10.0. The van der Waals surface area contributed by atoms with E-state index in [1.807, 2.05) is 30.4 Å². The molecular weight excluding hydrogens is 409 g/mol. The maximum atomic E-state index is 5.85. The third-order valence-electron chi connectivity index (χ3n) is 2.00. The molecule has 0 amide bonds. The molecule has 6 heteroatoms. The Morgan fingerprint density at radius 2 is 2.00 bits per heavy atom. The van der Waals surface area contributed by atoms with Crippen LogP contribution in [0.1, 0.15) is 6.42 Å². The van der Waals surface area contributed by atoms with Crippen LogP contribution in [0.15, 0.2) is 36.4 Å². The van der Waals surface area contributed by atoms with Gasteiger partial charge in [-0.25, -0.2) is 23.5 Å². The van der Waals surface area contributed by atoms with Crippen LogP contribution in [0.4, 0.5) is 0 Å². The van der Waals surface area contributed by atoms with Crippen LogP contribution in [0.2, 0.25) is 8.67 Å². The first-order valence-electron chi connectivity index (χ1n) is 4.50. The van der Waals surface area contributed by atoms with Crippen molar-refractivity contribution in [1.82, 2.24) is 0 Å². The first-order valence-corrected chi connectivity index (χ1v) is 6.07. The van der Waals surface area contributed by atoms with Gasteiger partial charge in [-0.2, -0.15) is 6.08 Å². The average molecular weight is 417 g/mol. The molecule has 0 unspecified atom stereocenters. The van der Waals surface area contributed by atoms with E-state index in [2.05, 4.69) is 12.2 Å². The summed E-state index contributed by atoms with van der Waals surface area (Å²) >= 11 is 13.1. The summed E-state index contributed by atoms with van der Waals surface area (Å²) in [7, 11) is 0. The van der Waals surface area contributed by atoms with Crippen LogP contribution in [-0.2, 0) is 26.2 Å². The Bertz CT molecular complexity index is 434. The monoisotopic (exact) mass is 414 g/mol. The molecule has 0 saturated heterocycles. The second-order valence-electron chi connectivity index (χ2n) is 3.01. The average Bonchev–Trinajstić information content (AvgIpc) is 2.93. The van der Waals surface area contributed by atoms with E-state index in [1.165, 1.54) is 11.3 Å². The largest absolute Gasteiger partial charge is 4.00 e. The normalized spacial score (nSPS) is 11.0. The molecule has 3 aliphatic rings. The first kappa shape index (κ1) is 21.1. The zero-order valence-corrected chi connectivity index (χ0v) is 15.4. The van der Waals surface area contributed by atoms with Crippen LogP contribution in [0.3, 0.4) is 0 Å². The standard InChI is InChI=1S/C7H3Cl2S.C5H5.2ClH.Zr/c8-6-4-2-1-3-5(4)7(9)10-6;1-2-4-5-3-1;;;/h1-3H;1-3H,4H2;2*1H;/q2*-1;;;+4/p-2. The zero-order chi connectivity index (χ0) is 10.7. The zero-order valence-electron chi connectivity index (χ0n) is 9.09. The summed E-state index contributed by atoms with van der Waals surface area (Å²) in [5.41, 5.74) is 2.13. The number of fused-ring (bicyclic) bond motifs is 1. The minimum absolute atomic E-state index is 0. The van der Waals surface area contributed by atoms with E-state index < -0.39 is 0 Å². The molecule has 0 aromatic carbocycles. The van der Waals surface area contributed by atoms with Gasteiger partial charge in [0.1, 0.15) is 0 Å². The molecule has 0 saturated carbocycles. The van der Waals surface area contributed by atoms with Gasteiger partial charge in [0.25, 0.3) is 0 Å². The van der Waals surface area contributed by atoms with Crippen molar-refractivity contribution in [3.63, 3.8) is 0 Å². The Balaban J connectivity index is 0. The Labute approximate surface area is 153 Å². The predicted molar refractivity (Wildman–Crippen MR) is 68.1 cm³/mol. The molecule has 2 aliphatic carbocycles. The fourth-order valence-corrected chi connectivity index (χ4v) is 2.94. The van der Waals surface area contributed by atoms with Crippen molar-refractivity contribution in [3.8, 4) is 11.1 Å². The van der Waals surface area contributed by atoms with Crippen molar-refractivity contribution >= 4 is 34.5 Å². The molecule has 0 fully saturated rings. The van der Waals surface area contributed by atoms with Gasteiger partial charge in [0.2, 0.25) is 0 Å². The summed E-state index contributed by atoms with van der Waals surface area (Å²) in [5.74, 6) is 0. The SMILES string of the molecule is Clc1s[c-](Cl)c2cccc1-2.[C-]1=CC=CC1.[Cl-].[Cl-].[Zr+4]. The Kier molecular flexibility index (Phi) is 12.4. The second-order valence-corrected chi connectivity index (χ2v) is 5.23. The van der Waals surface area contributed by atoms with Gasteiger partial charge in [-0.1, -0.05) is 0 Å². The molecule has 0 N–H and O–H groups in total. The molecule has 1 aliphatic heterocycles. The van der Waals surface area contributed by atoms with Gasteiger partial charge in [-0.05, 0) is 4.34 Å². The molecule has 0 aromatic heterocycles. The van der Waals surface area contributed by atoms with Crippen molar-refractivity contribution in [2.75, 3.05) is 0 Å². The number of thiophene rings is 1. The minimum Gasteiger partial charge on any atom is -1.00 e. The van der Waals surface area contributed by atoms with Crippen LogP contribution < -0.4 is 24.8 Å². The molecule has 0 bridgehead atoms. The first-order chi connectivity index (χ1) is 7.29. The maximum absolute atomic E-state index is 5.85. The van der Waals surface area contributed by atoms with Gasteiger partial charge < -0.3 is 24.8 Å². The molecule has 94 valence electrons. The van der Waals surface area contributed by atoms with Crippen molar-refractivity contribution in [3.05, 3.63) is 51.2 Å². The topological polar surface area (TPSA) is 0 Å². The fourth-order valence-electron chi connectivity index (χ4n) is 1.29. The van der Waals surface area contributed by atoms with Gasteiger partial charge in [0, 0.05) is 4.34 Å². The van der Waals surface area contributed by atoms with E-state index in [-0.39, 0.29) is 51.0 Å². The Morgan fingerprint density at radius 1 is 1.28 bits per heavy atom. The van der Waals surface area contributed by atoms with E-state index in [0.717, 1.165) is 26.2 Å². The summed E-state index contributed by atoms with van der Waals surface area (Å²) in [4.78, 5) is 0. The smallest absolute Gasteiger partial charge is 1.00 e. The third-order valence-corrected chi connectivity index (χ3v) is 3.67. The predicted octanol–water partition coefficient (Wildman–Crippen LogP) is -0.810. The van der Waals surface area contributed by atoms with Crippen molar-refractivity contribution in [1.29, 1.82) is 0 Å².